The van der Waals surface area contributed by atoms with Crippen molar-refractivity contribution in [1.82, 2.24) is 0 Å². The molecule has 0 amide bonds. The van der Waals surface area contributed by atoms with E-state index in [-0.39, 0.29) is 0 Å². The lowest BCUT2D eigenvalue weighted by Gasteiger charge is -2.12. The topological polar surface area (TPSA) is 0 Å². The molecule has 0 aromatic heterocycles. The van der Waals surface area contributed by atoms with Gasteiger partial charge in [0.1, 0.15) is 0 Å². The van der Waals surface area contributed by atoms with E-state index in [2.05, 4.69) is 31.9 Å². The summed E-state index contributed by atoms with van der Waals surface area (Å²) in [6.07, 6.45) is 9.23. The van der Waals surface area contributed by atoms with Crippen LogP contribution in [0.1, 0.15) is 50.2 Å². The quantitative estimate of drug-likeness (QED) is 0.624. The monoisotopic (exact) mass is 186 g/mol. The van der Waals surface area contributed by atoms with Crippen LogP contribution in [0.4, 0.5) is 0 Å². The SMILES string of the molecule is C#Cc1ccccc1C(C)CCCC. The normalized spacial score (nSPS) is 12.1. The lowest BCUT2D eigenvalue weighted by Crippen LogP contribution is -1.96. The molecule has 1 aromatic carbocycles. The fourth-order valence-corrected chi connectivity index (χ4v) is 1.72. The predicted octanol–water partition coefficient (Wildman–Crippen LogP) is 3.96. The van der Waals surface area contributed by atoms with Gasteiger partial charge in [0.15, 0.2) is 0 Å². The van der Waals surface area contributed by atoms with E-state index in [1.807, 2.05) is 12.1 Å². The maximum absolute atomic E-state index is 5.47. The fourth-order valence-electron chi connectivity index (χ4n) is 1.72. The molecule has 1 unspecified atom stereocenters. The van der Waals surface area contributed by atoms with Crippen LogP contribution in [0.15, 0.2) is 24.3 Å². The van der Waals surface area contributed by atoms with Crippen LogP contribution in [0, 0.1) is 12.3 Å². The summed E-state index contributed by atoms with van der Waals surface area (Å²) in [4.78, 5) is 0. The van der Waals surface area contributed by atoms with Gasteiger partial charge in [-0.3, -0.25) is 0 Å². The zero-order valence-corrected chi connectivity index (χ0v) is 9.09. The molecule has 0 bridgehead atoms. The maximum atomic E-state index is 5.47. The molecular formula is C14H18. The van der Waals surface area contributed by atoms with Gasteiger partial charge < -0.3 is 0 Å². The summed E-state index contributed by atoms with van der Waals surface area (Å²) < 4.78 is 0. The molecule has 1 aromatic rings. The number of benzene rings is 1. The van der Waals surface area contributed by atoms with Gasteiger partial charge in [0.2, 0.25) is 0 Å². The summed E-state index contributed by atoms with van der Waals surface area (Å²) in [5, 5.41) is 0. The van der Waals surface area contributed by atoms with E-state index in [0.29, 0.717) is 5.92 Å². The highest BCUT2D eigenvalue weighted by atomic mass is 14.1. The Morgan fingerprint density at radius 3 is 2.71 bits per heavy atom. The van der Waals surface area contributed by atoms with Crippen molar-refractivity contribution >= 4 is 0 Å². The molecule has 74 valence electrons. The standard InChI is InChI=1S/C14H18/c1-4-6-9-12(3)14-11-8-7-10-13(14)5-2/h2,7-8,10-12H,4,6,9H2,1,3H3. The molecule has 1 rings (SSSR count). The number of hydrogen-bond acceptors (Lipinski definition) is 0. The third-order valence-corrected chi connectivity index (χ3v) is 2.64. The Hall–Kier alpha value is -1.22. The highest BCUT2D eigenvalue weighted by Gasteiger charge is 2.07. The molecule has 0 aliphatic carbocycles. The second-order valence-electron chi connectivity index (χ2n) is 3.77. The van der Waals surface area contributed by atoms with E-state index in [9.17, 15) is 0 Å². The zero-order chi connectivity index (χ0) is 10.4. The Morgan fingerprint density at radius 2 is 2.07 bits per heavy atom. The van der Waals surface area contributed by atoms with Crippen molar-refractivity contribution in [2.75, 3.05) is 0 Å². The maximum Gasteiger partial charge on any atom is 0.0277 e. The van der Waals surface area contributed by atoms with Gasteiger partial charge in [-0.2, -0.15) is 0 Å². The van der Waals surface area contributed by atoms with Gasteiger partial charge in [0.05, 0.1) is 0 Å². The zero-order valence-electron chi connectivity index (χ0n) is 9.09. The second-order valence-corrected chi connectivity index (χ2v) is 3.77. The average Bonchev–Trinajstić information content (AvgIpc) is 2.25. The molecule has 0 radical (unpaired) electrons. The van der Waals surface area contributed by atoms with E-state index in [0.717, 1.165) is 5.56 Å². The molecule has 0 saturated carbocycles. The van der Waals surface area contributed by atoms with Crippen molar-refractivity contribution in [2.45, 2.75) is 39.0 Å². The lowest BCUT2D eigenvalue weighted by atomic mass is 9.92. The lowest BCUT2D eigenvalue weighted by molar-refractivity contribution is 0.623. The molecule has 0 nitrogen and oxygen atoms in total. The minimum Gasteiger partial charge on any atom is -0.115 e. The molecule has 0 fully saturated rings. The van der Waals surface area contributed by atoms with Crippen LogP contribution in [-0.4, -0.2) is 0 Å². The Labute approximate surface area is 87.4 Å². The third-order valence-electron chi connectivity index (χ3n) is 2.64. The Morgan fingerprint density at radius 1 is 1.36 bits per heavy atom. The van der Waals surface area contributed by atoms with Gasteiger partial charge in [-0.1, -0.05) is 50.8 Å². The van der Waals surface area contributed by atoms with Crippen LogP contribution in [0.2, 0.25) is 0 Å². The van der Waals surface area contributed by atoms with Crippen molar-refractivity contribution in [3.8, 4) is 12.3 Å². The minimum absolute atomic E-state index is 0.585. The fraction of sp³-hybridized carbons (Fsp3) is 0.429. The van der Waals surface area contributed by atoms with E-state index < -0.39 is 0 Å². The smallest absolute Gasteiger partial charge is 0.0277 e. The Kier molecular flexibility index (Phi) is 4.26. The molecule has 0 saturated heterocycles. The van der Waals surface area contributed by atoms with Crippen LogP contribution < -0.4 is 0 Å². The van der Waals surface area contributed by atoms with Gasteiger partial charge in [0, 0.05) is 5.56 Å². The summed E-state index contributed by atoms with van der Waals surface area (Å²) in [6, 6.07) is 8.25. The van der Waals surface area contributed by atoms with Crippen LogP contribution >= 0.6 is 0 Å². The van der Waals surface area contributed by atoms with Gasteiger partial charge >= 0.3 is 0 Å². The molecule has 0 aliphatic heterocycles. The molecule has 0 heteroatoms. The van der Waals surface area contributed by atoms with Crippen LogP contribution in [-0.2, 0) is 0 Å². The molecule has 0 spiro atoms. The number of rotatable bonds is 4. The average molecular weight is 186 g/mol. The first-order valence-electron chi connectivity index (χ1n) is 5.35. The largest absolute Gasteiger partial charge is 0.115 e. The number of terminal acetylenes is 1. The summed E-state index contributed by atoms with van der Waals surface area (Å²) >= 11 is 0. The molecule has 0 aliphatic rings. The summed E-state index contributed by atoms with van der Waals surface area (Å²) in [5.74, 6) is 3.34. The van der Waals surface area contributed by atoms with Crippen molar-refractivity contribution < 1.29 is 0 Å². The third kappa shape index (κ3) is 2.64. The van der Waals surface area contributed by atoms with Crippen molar-refractivity contribution in [3.63, 3.8) is 0 Å². The number of hydrogen-bond donors (Lipinski definition) is 0. The highest BCUT2D eigenvalue weighted by Crippen LogP contribution is 2.24. The molecule has 1 atom stereocenters. The Balaban J connectivity index is 2.79. The summed E-state index contributed by atoms with van der Waals surface area (Å²) in [7, 11) is 0. The highest BCUT2D eigenvalue weighted by molar-refractivity contribution is 5.41. The van der Waals surface area contributed by atoms with E-state index in [4.69, 9.17) is 6.42 Å². The first-order chi connectivity index (χ1) is 6.79. The van der Waals surface area contributed by atoms with Gasteiger partial charge in [-0.05, 0) is 24.0 Å². The van der Waals surface area contributed by atoms with Crippen LogP contribution in [0.5, 0.6) is 0 Å². The first kappa shape index (κ1) is 10.9. The van der Waals surface area contributed by atoms with E-state index in [1.54, 1.807) is 0 Å². The second kappa shape index (κ2) is 5.50. The number of unbranched alkanes of at least 4 members (excludes halogenated alkanes) is 1. The van der Waals surface area contributed by atoms with Crippen molar-refractivity contribution in [3.05, 3.63) is 35.4 Å². The van der Waals surface area contributed by atoms with Crippen molar-refractivity contribution in [1.29, 1.82) is 0 Å². The van der Waals surface area contributed by atoms with Gasteiger partial charge in [-0.15, -0.1) is 6.42 Å². The first-order valence-corrected chi connectivity index (χ1v) is 5.35. The van der Waals surface area contributed by atoms with E-state index in [1.165, 1.54) is 24.8 Å². The molecule has 14 heavy (non-hydrogen) atoms. The minimum atomic E-state index is 0.585. The summed E-state index contributed by atoms with van der Waals surface area (Å²) in [6.45, 7) is 4.48. The Bertz CT molecular complexity index is 317. The van der Waals surface area contributed by atoms with E-state index >= 15 is 0 Å². The summed E-state index contributed by atoms with van der Waals surface area (Å²) in [5.41, 5.74) is 2.37. The predicted molar refractivity (Wildman–Crippen MR) is 62.3 cm³/mol. The molecule has 0 N–H and O–H groups in total. The van der Waals surface area contributed by atoms with Gasteiger partial charge in [0.25, 0.3) is 0 Å². The van der Waals surface area contributed by atoms with Gasteiger partial charge in [-0.25, -0.2) is 0 Å². The molecule has 0 heterocycles. The van der Waals surface area contributed by atoms with Crippen LogP contribution in [0.25, 0.3) is 0 Å². The molecular weight excluding hydrogens is 168 g/mol. The van der Waals surface area contributed by atoms with Crippen molar-refractivity contribution in [2.24, 2.45) is 0 Å². The van der Waals surface area contributed by atoms with Crippen LogP contribution in [0.3, 0.4) is 0 Å².